The van der Waals surface area contributed by atoms with Gasteiger partial charge in [-0.05, 0) is 25.3 Å². The quantitative estimate of drug-likeness (QED) is 0.625. The fourth-order valence-corrected chi connectivity index (χ4v) is 1.09. The van der Waals surface area contributed by atoms with Gasteiger partial charge in [-0.15, -0.1) is 0 Å². The minimum absolute atomic E-state index is 0.148. The molecule has 72 valence electrons. The first-order valence-corrected chi connectivity index (χ1v) is 4.60. The van der Waals surface area contributed by atoms with Gasteiger partial charge in [-0.3, -0.25) is 4.79 Å². The molecule has 0 aliphatic rings. The van der Waals surface area contributed by atoms with Gasteiger partial charge in [0.1, 0.15) is 0 Å². The number of nitrogens with one attached hydrogen (secondary N) is 1. The highest BCUT2D eigenvalue weighted by Gasteiger charge is 2.14. The highest BCUT2D eigenvalue weighted by atomic mass is 16.1. The van der Waals surface area contributed by atoms with Crippen LogP contribution in [0, 0.1) is 5.92 Å². The normalized spacial score (nSPS) is 13.3. The summed E-state index contributed by atoms with van der Waals surface area (Å²) in [7, 11) is 0. The van der Waals surface area contributed by atoms with Crippen LogP contribution in [0.2, 0.25) is 0 Å². The molecule has 0 aliphatic carbocycles. The molecule has 12 heavy (non-hydrogen) atoms. The molecule has 0 heterocycles. The first-order valence-electron chi connectivity index (χ1n) is 4.60. The second-order valence-corrected chi connectivity index (χ2v) is 3.54. The van der Waals surface area contributed by atoms with Gasteiger partial charge in [-0.1, -0.05) is 20.8 Å². The smallest absolute Gasteiger partial charge is 0.234 e. The molecule has 0 fully saturated rings. The van der Waals surface area contributed by atoms with Crippen molar-refractivity contribution in [3.63, 3.8) is 0 Å². The summed E-state index contributed by atoms with van der Waals surface area (Å²) >= 11 is 0. The average molecular weight is 172 g/mol. The summed E-state index contributed by atoms with van der Waals surface area (Å²) in [5, 5.41) is 3.13. The van der Waals surface area contributed by atoms with Gasteiger partial charge in [0.25, 0.3) is 0 Å². The van der Waals surface area contributed by atoms with Gasteiger partial charge in [-0.25, -0.2) is 0 Å². The lowest BCUT2D eigenvalue weighted by molar-refractivity contribution is -0.120. The Morgan fingerprint density at radius 2 is 2.08 bits per heavy atom. The number of primary amides is 1. The van der Waals surface area contributed by atoms with E-state index in [0.29, 0.717) is 5.92 Å². The Morgan fingerprint density at radius 1 is 1.50 bits per heavy atom. The molecule has 0 saturated carbocycles. The molecule has 0 radical (unpaired) electrons. The molecular weight excluding hydrogens is 152 g/mol. The highest BCUT2D eigenvalue weighted by molar-refractivity contribution is 5.79. The summed E-state index contributed by atoms with van der Waals surface area (Å²) in [5.74, 6) is 0.268. The third-order valence-corrected chi connectivity index (χ3v) is 1.69. The Morgan fingerprint density at radius 3 is 2.42 bits per heavy atom. The molecule has 3 heteroatoms. The lowest BCUT2D eigenvalue weighted by Crippen LogP contribution is -2.42. The second-order valence-electron chi connectivity index (χ2n) is 3.54. The standard InChI is InChI=1S/C9H20N2O/c1-4-5-11-8(9(10)12)6-7(2)3/h7-8,11H,4-6H2,1-3H3,(H2,10,12). The number of amides is 1. The monoisotopic (exact) mass is 172 g/mol. The topological polar surface area (TPSA) is 55.1 Å². The molecule has 0 aliphatic heterocycles. The largest absolute Gasteiger partial charge is 0.368 e. The van der Waals surface area contributed by atoms with Crippen LogP contribution in [0.4, 0.5) is 0 Å². The SMILES string of the molecule is CCCNC(CC(C)C)C(N)=O. The predicted molar refractivity (Wildman–Crippen MR) is 50.7 cm³/mol. The van der Waals surface area contributed by atoms with Crippen LogP contribution >= 0.6 is 0 Å². The molecule has 0 aromatic rings. The molecule has 1 amide bonds. The number of nitrogens with two attached hydrogens (primary N) is 1. The van der Waals surface area contributed by atoms with E-state index in [1.54, 1.807) is 0 Å². The minimum Gasteiger partial charge on any atom is -0.368 e. The van der Waals surface area contributed by atoms with Crippen molar-refractivity contribution in [2.24, 2.45) is 11.7 Å². The van der Waals surface area contributed by atoms with Crippen LogP contribution in [0.1, 0.15) is 33.6 Å². The molecule has 0 spiro atoms. The number of hydrogen-bond donors (Lipinski definition) is 2. The van der Waals surface area contributed by atoms with Gasteiger partial charge in [0.2, 0.25) is 5.91 Å². The maximum atomic E-state index is 10.9. The van der Waals surface area contributed by atoms with Crippen molar-refractivity contribution in [3.05, 3.63) is 0 Å². The fraction of sp³-hybridized carbons (Fsp3) is 0.889. The van der Waals surface area contributed by atoms with Crippen LogP contribution in [-0.4, -0.2) is 18.5 Å². The van der Waals surface area contributed by atoms with Crippen molar-refractivity contribution in [2.45, 2.75) is 39.7 Å². The summed E-state index contributed by atoms with van der Waals surface area (Å²) in [6.45, 7) is 7.11. The minimum atomic E-state index is -0.239. The molecule has 1 unspecified atom stereocenters. The molecule has 1 atom stereocenters. The van der Waals surface area contributed by atoms with Crippen molar-refractivity contribution >= 4 is 5.91 Å². The van der Waals surface area contributed by atoms with E-state index in [0.717, 1.165) is 19.4 Å². The summed E-state index contributed by atoms with van der Waals surface area (Å²) in [5.41, 5.74) is 5.22. The van der Waals surface area contributed by atoms with Crippen LogP contribution in [-0.2, 0) is 4.79 Å². The van der Waals surface area contributed by atoms with E-state index >= 15 is 0 Å². The van der Waals surface area contributed by atoms with E-state index in [1.807, 2.05) is 0 Å². The van der Waals surface area contributed by atoms with Crippen LogP contribution in [0.5, 0.6) is 0 Å². The Labute approximate surface area is 74.7 Å². The molecule has 0 rings (SSSR count). The van der Waals surface area contributed by atoms with Crippen molar-refractivity contribution < 1.29 is 4.79 Å². The summed E-state index contributed by atoms with van der Waals surface area (Å²) in [4.78, 5) is 10.9. The molecular formula is C9H20N2O. The number of carbonyl (C=O) groups excluding carboxylic acids is 1. The van der Waals surface area contributed by atoms with Gasteiger partial charge in [-0.2, -0.15) is 0 Å². The highest BCUT2D eigenvalue weighted by Crippen LogP contribution is 2.03. The molecule has 3 nitrogen and oxygen atoms in total. The van der Waals surface area contributed by atoms with E-state index in [9.17, 15) is 4.79 Å². The van der Waals surface area contributed by atoms with Crippen molar-refractivity contribution in [1.82, 2.24) is 5.32 Å². The molecule has 0 bridgehead atoms. The van der Waals surface area contributed by atoms with Crippen LogP contribution in [0.3, 0.4) is 0 Å². The Balaban J connectivity index is 3.78. The van der Waals surface area contributed by atoms with E-state index in [-0.39, 0.29) is 11.9 Å². The Bertz CT molecular complexity index is 134. The molecule has 0 saturated heterocycles. The van der Waals surface area contributed by atoms with Gasteiger partial charge >= 0.3 is 0 Å². The van der Waals surface area contributed by atoms with Gasteiger partial charge < -0.3 is 11.1 Å². The van der Waals surface area contributed by atoms with E-state index in [1.165, 1.54) is 0 Å². The van der Waals surface area contributed by atoms with Crippen LogP contribution < -0.4 is 11.1 Å². The van der Waals surface area contributed by atoms with Crippen LogP contribution in [0.25, 0.3) is 0 Å². The maximum absolute atomic E-state index is 10.9. The molecule has 0 aromatic heterocycles. The third-order valence-electron chi connectivity index (χ3n) is 1.69. The van der Waals surface area contributed by atoms with Gasteiger partial charge in [0.05, 0.1) is 6.04 Å². The predicted octanol–water partition coefficient (Wildman–Crippen LogP) is 0.886. The van der Waals surface area contributed by atoms with Crippen molar-refractivity contribution in [1.29, 1.82) is 0 Å². The van der Waals surface area contributed by atoms with Crippen molar-refractivity contribution in [2.75, 3.05) is 6.54 Å². The van der Waals surface area contributed by atoms with E-state index in [4.69, 9.17) is 5.73 Å². The van der Waals surface area contributed by atoms with Crippen molar-refractivity contribution in [3.8, 4) is 0 Å². The van der Waals surface area contributed by atoms with Gasteiger partial charge in [0, 0.05) is 0 Å². The van der Waals surface area contributed by atoms with Crippen LogP contribution in [0.15, 0.2) is 0 Å². The second kappa shape index (κ2) is 6.00. The summed E-state index contributed by atoms with van der Waals surface area (Å²) < 4.78 is 0. The van der Waals surface area contributed by atoms with Gasteiger partial charge in [0.15, 0.2) is 0 Å². The summed E-state index contributed by atoms with van der Waals surface area (Å²) in [6.07, 6.45) is 1.86. The fourth-order valence-electron chi connectivity index (χ4n) is 1.09. The zero-order chi connectivity index (χ0) is 9.56. The zero-order valence-electron chi connectivity index (χ0n) is 8.26. The third kappa shape index (κ3) is 5.13. The maximum Gasteiger partial charge on any atom is 0.234 e. The number of carbonyl (C=O) groups is 1. The average Bonchev–Trinajstić information content (AvgIpc) is 1.96. The number of rotatable bonds is 6. The van der Waals surface area contributed by atoms with E-state index in [2.05, 4.69) is 26.1 Å². The lowest BCUT2D eigenvalue weighted by Gasteiger charge is -2.16. The molecule has 3 N–H and O–H groups in total. The lowest BCUT2D eigenvalue weighted by atomic mass is 10.0. The zero-order valence-corrected chi connectivity index (χ0v) is 8.26. The number of hydrogen-bond acceptors (Lipinski definition) is 2. The first-order chi connectivity index (χ1) is 5.57. The summed E-state index contributed by atoms with van der Waals surface area (Å²) in [6, 6.07) is -0.148. The molecule has 0 aromatic carbocycles. The first kappa shape index (κ1) is 11.4. The Hall–Kier alpha value is -0.570. The van der Waals surface area contributed by atoms with E-state index < -0.39 is 0 Å². The Kier molecular flexibility index (Phi) is 5.72.